The van der Waals surface area contributed by atoms with Gasteiger partial charge in [0, 0.05) is 19.2 Å². The molecule has 0 radical (unpaired) electrons. The number of anilines is 2. The first-order valence-corrected chi connectivity index (χ1v) is 8.08. The fraction of sp³-hybridized carbons (Fsp3) is 0.200. The smallest absolute Gasteiger partial charge is 0.315 e. The van der Waals surface area contributed by atoms with Gasteiger partial charge in [-0.1, -0.05) is 37.4 Å². The van der Waals surface area contributed by atoms with Crippen LogP contribution >= 0.6 is 0 Å². The molecule has 1 N–H and O–H groups in total. The zero-order chi connectivity index (χ0) is 18.3. The first kappa shape index (κ1) is 16.8. The summed E-state index contributed by atoms with van der Waals surface area (Å²) < 4.78 is 0. The van der Waals surface area contributed by atoms with E-state index in [0.717, 1.165) is 11.4 Å². The van der Waals surface area contributed by atoms with Crippen LogP contribution in [-0.4, -0.2) is 30.5 Å². The van der Waals surface area contributed by atoms with E-state index in [4.69, 9.17) is 0 Å². The Hall–Kier alpha value is -3.08. The van der Waals surface area contributed by atoms with Crippen molar-refractivity contribution in [3.63, 3.8) is 0 Å². The third-order valence-electron chi connectivity index (χ3n) is 4.74. The number of fused-ring (bicyclic) bond motifs is 1. The molecular formula is C20H20N2O3. The summed E-state index contributed by atoms with van der Waals surface area (Å²) in [5, 5.41) is 9.80. The molecule has 1 unspecified atom stereocenters. The van der Waals surface area contributed by atoms with Crippen LogP contribution in [0.2, 0.25) is 0 Å². The molecule has 128 valence electrons. The van der Waals surface area contributed by atoms with Gasteiger partial charge in [0.05, 0.1) is 16.9 Å². The minimum atomic E-state index is -1.07. The van der Waals surface area contributed by atoms with E-state index in [1.54, 1.807) is 0 Å². The number of para-hydroxylation sites is 2. The molecule has 1 aliphatic heterocycles. The first-order valence-electron chi connectivity index (χ1n) is 8.08. The molecule has 1 aromatic rings. The van der Waals surface area contributed by atoms with Gasteiger partial charge >= 0.3 is 5.97 Å². The highest BCUT2D eigenvalue weighted by atomic mass is 16.4. The second-order valence-corrected chi connectivity index (χ2v) is 5.91. The minimum absolute atomic E-state index is 0.262. The maximum atomic E-state index is 13.0. The molecule has 0 bridgehead atoms. The van der Waals surface area contributed by atoms with Crippen LogP contribution in [0, 0.1) is 5.92 Å². The molecule has 5 heteroatoms. The topological polar surface area (TPSA) is 60.9 Å². The molecule has 3 rings (SSSR count). The Kier molecular flexibility index (Phi) is 4.08. The molecule has 1 heterocycles. The van der Waals surface area contributed by atoms with Crippen molar-refractivity contribution >= 4 is 23.1 Å². The summed E-state index contributed by atoms with van der Waals surface area (Å²) in [6.45, 7) is 9.96. The third kappa shape index (κ3) is 2.23. The van der Waals surface area contributed by atoms with Gasteiger partial charge < -0.3 is 14.9 Å². The van der Waals surface area contributed by atoms with Crippen molar-refractivity contribution in [2.24, 2.45) is 5.92 Å². The van der Waals surface area contributed by atoms with Gasteiger partial charge in [-0.25, -0.2) is 0 Å². The van der Waals surface area contributed by atoms with Gasteiger partial charge in [-0.05, 0) is 24.6 Å². The summed E-state index contributed by atoms with van der Waals surface area (Å²) in [5.74, 6) is -1.80. The minimum Gasteiger partial charge on any atom is -0.481 e. The van der Waals surface area contributed by atoms with Crippen molar-refractivity contribution in [2.75, 3.05) is 23.4 Å². The molecule has 0 saturated heterocycles. The molecular weight excluding hydrogens is 316 g/mol. The summed E-state index contributed by atoms with van der Waals surface area (Å²) in [6, 6.07) is 7.77. The lowest BCUT2D eigenvalue weighted by molar-refractivity contribution is -0.139. The van der Waals surface area contributed by atoms with Crippen LogP contribution in [-0.2, 0) is 9.59 Å². The maximum absolute atomic E-state index is 13.0. The summed E-state index contributed by atoms with van der Waals surface area (Å²) >= 11 is 0. The van der Waals surface area contributed by atoms with Crippen molar-refractivity contribution in [2.45, 2.75) is 6.92 Å². The molecule has 0 fully saturated rings. The number of nitrogens with zero attached hydrogens (tertiary/aromatic N) is 2. The van der Waals surface area contributed by atoms with Crippen LogP contribution < -0.4 is 9.80 Å². The lowest BCUT2D eigenvalue weighted by Gasteiger charge is -2.25. The van der Waals surface area contributed by atoms with E-state index < -0.39 is 11.9 Å². The number of Topliss-reactive ketones (excluding diaryl/α,β-unsaturated/α-hetero) is 1. The van der Waals surface area contributed by atoms with E-state index in [0.29, 0.717) is 23.5 Å². The highest BCUT2D eigenvalue weighted by Crippen LogP contribution is 2.46. The highest BCUT2D eigenvalue weighted by molar-refractivity contribution is 6.19. The van der Waals surface area contributed by atoms with Crippen molar-refractivity contribution in [1.82, 2.24) is 0 Å². The van der Waals surface area contributed by atoms with Crippen LogP contribution in [0.5, 0.6) is 0 Å². The number of ketones is 1. The van der Waals surface area contributed by atoms with Crippen LogP contribution in [0.15, 0.2) is 72.1 Å². The maximum Gasteiger partial charge on any atom is 0.315 e. The first-order chi connectivity index (χ1) is 12.0. The molecule has 0 saturated carbocycles. The van der Waals surface area contributed by atoms with Crippen molar-refractivity contribution in [1.29, 1.82) is 0 Å². The van der Waals surface area contributed by atoms with E-state index in [2.05, 4.69) is 13.2 Å². The van der Waals surface area contributed by atoms with E-state index in [1.165, 1.54) is 12.2 Å². The lowest BCUT2D eigenvalue weighted by Crippen LogP contribution is -2.32. The molecule has 0 spiro atoms. The number of benzene rings is 1. The molecule has 0 amide bonds. The van der Waals surface area contributed by atoms with E-state index in [1.807, 2.05) is 48.0 Å². The quantitative estimate of drug-likeness (QED) is 0.856. The summed E-state index contributed by atoms with van der Waals surface area (Å²) in [5.41, 5.74) is 2.87. The van der Waals surface area contributed by atoms with Crippen molar-refractivity contribution in [3.8, 4) is 0 Å². The number of aliphatic carboxylic acids is 1. The predicted octanol–water partition coefficient (Wildman–Crippen LogP) is 3.13. The number of carbonyl (C=O) groups excluding carboxylic acids is 1. The Morgan fingerprint density at radius 2 is 1.88 bits per heavy atom. The average Bonchev–Trinajstić information content (AvgIpc) is 3.05. The van der Waals surface area contributed by atoms with Crippen LogP contribution in [0.25, 0.3) is 0 Å². The molecule has 1 aliphatic carbocycles. The third-order valence-corrected chi connectivity index (χ3v) is 4.74. The van der Waals surface area contributed by atoms with Crippen molar-refractivity contribution in [3.05, 3.63) is 72.1 Å². The molecule has 1 aromatic carbocycles. The van der Waals surface area contributed by atoms with Crippen LogP contribution in [0.3, 0.4) is 0 Å². The highest BCUT2D eigenvalue weighted by Gasteiger charge is 2.45. The predicted molar refractivity (Wildman–Crippen MR) is 98.4 cm³/mol. The zero-order valence-electron chi connectivity index (χ0n) is 14.3. The lowest BCUT2D eigenvalue weighted by atomic mass is 9.95. The standard InChI is InChI=1S/C20H20N2O3/c1-5-12-13(6-2)18(23)17(16(12)20(24)25)19-21(4)14-10-8-9-11-15(14)22(19)7-3/h5-6,8-11,16H,1-2,7H2,3-4H3,(H,24,25)/b19-17+. The van der Waals surface area contributed by atoms with E-state index in [9.17, 15) is 14.7 Å². The van der Waals surface area contributed by atoms with E-state index in [-0.39, 0.29) is 11.4 Å². The van der Waals surface area contributed by atoms with Crippen LogP contribution in [0.4, 0.5) is 11.4 Å². The Labute approximate surface area is 146 Å². The second kappa shape index (κ2) is 6.09. The van der Waals surface area contributed by atoms with Gasteiger partial charge in [0.15, 0.2) is 5.78 Å². The molecule has 5 nitrogen and oxygen atoms in total. The van der Waals surface area contributed by atoms with Gasteiger partial charge in [-0.15, -0.1) is 0 Å². The number of rotatable bonds is 4. The average molecular weight is 336 g/mol. The summed E-state index contributed by atoms with van der Waals surface area (Å²) in [7, 11) is 1.85. The van der Waals surface area contributed by atoms with Crippen molar-refractivity contribution < 1.29 is 14.7 Å². The number of hydrogen-bond acceptors (Lipinski definition) is 4. The fourth-order valence-electron chi connectivity index (χ4n) is 3.68. The molecule has 25 heavy (non-hydrogen) atoms. The number of carboxylic acids is 1. The number of carbonyl (C=O) groups is 2. The molecule has 2 aliphatic rings. The van der Waals surface area contributed by atoms with Crippen LogP contribution in [0.1, 0.15) is 6.92 Å². The monoisotopic (exact) mass is 336 g/mol. The zero-order valence-corrected chi connectivity index (χ0v) is 14.3. The molecule has 0 aromatic heterocycles. The Balaban J connectivity index is 2.30. The largest absolute Gasteiger partial charge is 0.481 e. The Bertz CT molecular complexity index is 863. The Morgan fingerprint density at radius 3 is 2.40 bits per heavy atom. The number of hydrogen-bond donors (Lipinski definition) is 1. The van der Waals surface area contributed by atoms with E-state index >= 15 is 0 Å². The van der Waals surface area contributed by atoms with Gasteiger partial charge in [0.1, 0.15) is 11.7 Å². The second-order valence-electron chi connectivity index (χ2n) is 5.91. The summed E-state index contributed by atoms with van der Waals surface area (Å²) in [4.78, 5) is 28.9. The summed E-state index contributed by atoms with van der Waals surface area (Å²) in [6.07, 6.45) is 2.86. The Morgan fingerprint density at radius 1 is 1.24 bits per heavy atom. The SMILES string of the molecule is C=CC1=C(C=C)C(C(=O)O)/C(=C2/N(C)c3ccccc3N2CC)C1=O. The van der Waals surface area contributed by atoms with Gasteiger partial charge in [-0.2, -0.15) is 0 Å². The van der Waals surface area contributed by atoms with Gasteiger partial charge in [0.25, 0.3) is 0 Å². The normalized spacial score (nSPS) is 22.5. The fourth-order valence-corrected chi connectivity index (χ4v) is 3.68. The number of carboxylic acid groups (broad SMARTS) is 1. The van der Waals surface area contributed by atoms with Gasteiger partial charge in [-0.3, -0.25) is 9.59 Å². The van der Waals surface area contributed by atoms with Gasteiger partial charge in [0.2, 0.25) is 0 Å². The molecule has 1 atom stereocenters. The number of allylic oxidation sites excluding steroid dienone is 3.